The SMILES string of the molecule is COC(=O)c1c(-c2ccc(-c3c(C)noc3C)cc2)nn(-c2ccccc2)c1C(=O)OC. The summed E-state index contributed by atoms with van der Waals surface area (Å²) in [6.07, 6.45) is 0. The Hall–Kier alpha value is -4.20. The molecule has 0 saturated carbocycles. The Morgan fingerprint density at radius 2 is 1.50 bits per heavy atom. The van der Waals surface area contributed by atoms with E-state index in [4.69, 9.17) is 14.0 Å². The van der Waals surface area contributed by atoms with Crippen LogP contribution in [0.5, 0.6) is 0 Å². The summed E-state index contributed by atoms with van der Waals surface area (Å²) in [4.78, 5) is 25.4. The summed E-state index contributed by atoms with van der Waals surface area (Å²) in [6.45, 7) is 3.72. The number of hydrogen-bond donors (Lipinski definition) is 0. The van der Waals surface area contributed by atoms with Crippen LogP contribution in [0.1, 0.15) is 32.3 Å². The molecular formula is C24H21N3O5. The van der Waals surface area contributed by atoms with Gasteiger partial charge in [0, 0.05) is 11.1 Å². The number of methoxy groups -OCH3 is 2. The van der Waals surface area contributed by atoms with Crippen LogP contribution >= 0.6 is 0 Å². The molecule has 8 nitrogen and oxygen atoms in total. The molecule has 0 radical (unpaired) electrons. The van der Waals surface area contributed by atoms with E-state index in [1.165, 1.54) is 18.9 Å². The molecular weight excluding hydrogens is 410 g/mol. The zero-order valence-corrected chi connectivity index (χ0v) is 18.1. The highest BCUT2D eigenvalue weighted by molar-refractivity contribution is 6.06. The predicted octanol–water partition coefficient (Wildman–Crippen LogP) is 4.38. The lowest BCUT2D eigenvalue weighted by Crippen LogP contribution is -2.15. The van der Waals surface area contributed by atoms with Gasteiger partial charge in [0.2, 0.25) is 0 Å². The van der Waals surface area contributed by atoms with Gasteiger partial charge < -0.3 is 14.0 Å². The summed E-state index contributed by atoms with van der Waals surface area (Å²) in [5.41, 5.74) is 4.20. The monoisotopic (exact) mass is 431 g/mol. The van der Waals surface area contributed by atoms with Gasteiger partial charge in [-0.15, -0.1) is 0 Å². The van der Waals surface area contributed by atoms with Gasteiger partial charge in [0.05, 0.1) is 25.6 Å². The summed E-state index contributed by atoms with van der Waals surface area (Å²) in [7, 11) is 2.51. The predicted molar refractivity (Wildman–Crippen MR) is 117 cm³/mol. The molecule has 0 bridgehead atoms. The maximum Gasteiger partial charge on any atom is 0.357 e. The summed E-state index contributed by atoms with van der Waals surface area (Å²) in [5, 5.41) is 8.60. The lowest BCUT2D eigenvalue weighted by atomic mass is 10.00. The molecule has 4 aromatic rings. The molecule has 0 amide bonds. The van der Waals surface area contributed by atoms with Crippen molar-refractivity contribution >= 4 is 11.9 Å². The van der Waals surface area contributed by atoms with Gasteiger partial charge in [-0.3, -0.25) is 0 Å². The number of ether oxygens (including phenoxy) is 2. The maximum absolute atomic E-state index is 12.7. The zero-order chi connectivity index (χ0) is 22.8. The first-order valence-corrected chi connectivity index (χ1v) is 9.85. The maximum atomic E-state index is 12.7. The number of benzene rings is 2. The number of nitrogens with zero attached hydrogens (tertiary/aromatic N) is 3. The molecule has 2 aromatic heterocycles. The smallest absolute Gasteiger partial charge is 0.357 e. The van der Waals surface area contributed by atoms with Crippen LogP contribution in [0.25, 0.3) is 28.1 Å². The molecule has 8 heteroatoms. The molecule has 0 saturated heterocycles. The molecule has 0 aliphatic heterocycles. The van der Waals surface area contributed by atoms with Crippen LogP contribution in [0.3, 0.4) is 0 Å². The third kappa shape index (κ3) is 3.56. The molecule has 2 heterocycles. The van der Waals surface area contributed by atoms with E-state index in [0.29, 0.717) is 22.7 Å². The van der Waals surface area contributed by atoms with Crippen molar-refractivity contribution in [1.29, 1.82) is 0 Å². The van der Waals surface area contributed by atoms with Crippen molar-refractivity contribution in [2.24, 2.45) is 0 Å². The van der Waals surface area contributed by atoms with Gasteiger partial charge >= 0.3 is 11.9 Å². The van der Waals surface area contributed by atoms with Crippen molar-refractivity contribution in [3.05, 3.63) is 77.3 Å². The number of para-hydroxylation sites is 1. The van der Waals surface area contributed by atoms with Gasteiger partial charge in [-0.05, 0) is 31.5 Å². The molecule has 4 rings (SSSR count). The second kappa shape index (κ2) is 8.50. The first-order valence-electron chi connectivity index (χ1n) is 9.85. The molecule has 0 N–H and O–H groups in total. The first-order chi connectivity index (χ1) is 15.5. The van der Waals surface area contributed by atoms with E-state index >= 15 is 0 Å². The standard InChI is InChI=1S/C24H21N3O5/c1-14-19(15(2)32-26-14)16-10-12-17(13-11-16)21-20(23(28)30-3)22(24(29)31-4)27(25-21)18-8-6-5-7-9-18/h5-13H,1-4H3. The third-order valence-corrected chi connectivity index (χ3v) is 5.13. The number of rotatable bonds is 5. The number of carbonyl (C=O) groups is 2. The normalized spacial score (nSPS) is 10.8. The van der Waals surface area contributed by atoms with Gasteiger partial charge in [-0.1, -0.05) is 47.6 Å². The Morgan fingerprint density at radius 3 is 2.06 bits per heavy atom. The van der Waals surface area contributed by atoms with Crippen LogP contribution < -0.4 is 0 Å². The molecule has 0 aliphatic carbocycles. The fraction of sp³-hybridized carbons (Fsp3) is 0.167. The zero-order valence-electron chi connectivity index (χ0n) is 18.1. The second-order valence-electron chi connectivity index (χ2n) is 7.08. The van der Waals surface area contributed by atoms with Crippen LogP contribution in [-0.4, -0.2) is 41.1 Å². The average Bonchev–Trinajstić information content (AvgIpc) is 3.39. The van der Waals surface area contributed by atoms with Gasteiger partial charge in [0.15, 0.2) is 5.69 Å². The minimum atomic E-state index is -0.694. The number of aryl methyl sites for hydroxylation is 2. The summed E-state index contributed by atoms with van der Waals surface area (Å²) in [6, 6.07) is 16.5. The van der Waals surface area contributed by atoms with E-state index in [-0.39, 0.29) is 11.3 Å². The van der Waals surface area contributed by atoms with Crippen LogP contribution in [0.4, 0.5) is 0 Å². The van der Waals surface area contributed by atoms with Gasteiger partial charge in [0.1, 0.15) is 17.0 Å². The second-order valence-corrected chi connectivity index (χ2v) is 7.08. The van der Waals surface area contributed by atoms with E-state index in [0.717, 1.165) is 16.8 Å². The molecule has 2 aromatic carbocycles. The first kappa shape index (κ1) is 21.0. The van der Waals surface area contributed by atoms with Crippen LogP contribution in [0.15, 0.2) is 59.1 Å². The Balaban J connectivity index is 1.91. The van der Waals surface area contributed by atoms with Crippen LogP contribution in [0, 0.1) is 13.8 Å². The van der Waals surface area contributed by atoms with Gasteiger partial charge in [-0.2, -0.15) is 5.10 Å². The quantitative estimate of drug-likeness (QED) is 0.433. The number of esters is 2. The van der Waals surface area contributed by atoms with Gasteiger partial charge in [-0.25, -0.2) is 14.3 Å². The highest BCUT2D eigenvalue weighted by atomic mass is 16.5. The third-order valence-electron chi connectivity index (χ3n) is 5.13. The molecule has 162 valence electrons. The topological polar surface area (TPSA) is 96.5 Å². The Labute approximate surface area is 184 Å². The Morgan fingerprint density at radius 1 is 0.875 bits per heavy atom. The number of hydrogen-bond acceptors (Lipinski definition) is 7. The minimum Gasteiger partial charge on any atom is -0.465 e. The molecule has 32 heavy (non-hydrogen) atoms. The lowest BCUT2D eigenvalue weighted by molar-refractivity contribution is 0.0549. The van der Waals surface area contributed by atoms with Crippen molar-refractivity contribution in [2.75, 3.05) is 14.2 Å². The van der Waals surface area contributed by atoms with E-state index in [2.05, 4.69) is 10.3 Å². The van der Waals surface area contributed by atoms with Crippen molar-refractivity contribution in [3.8, 4) is 28.1 Å². The van der Waals surface area contributed by atoms with Crippen molar-refractivity contribution in [3.63, 3.8) is 0 Å². The van der Waals surface area contributed by atoms with Crippen LogP contribution in [0.2, 0.25) is 0 Å². The average molecular weight is 431 g/mol. The van der Waals surface area contributed by atoms with Crippen molar-refractivity contribution < 1.29 is 23.6 Å². The molecule has 0 aliphatic rings. The summed E-state index contributed by atoms with van der Waals surface area (Å²) >= 11 is 0. The number of aromatic nitrogens is 3. The van der Waals surface area contributed by atoms with E-state index in [9.17, 15) is 9.59 Å². The van der Waals surface area contributed by atoms with E-state index in [1.807, 2.05) is 56.3 Å². The summed E-state index contributed by atoms with van der Waals surface area (Å²) < 4.78 is 16.6. The highest BCUT2D eigenvalue weighted by Gasteiger charge is 2.31. The van der Waals surface area contributed by atoms with Crippen molar-refractivity contribution in [1.82, 2.24) is 14.9 Å². The fourth-order valence-corrected chi connectivity index (χ4v) is 3.65. The molecule has 0 unspecified atom stereocenters. The largest absolute Gasteiger partial charge is 0.465 e. The van der Waals surface area contributed by atoms with Crippen molar-refractivity contribution in [2.45, 2.75) is 13.8 Å². The fourth-order valence-electron chi connectivity index (χ4n) is 3.65. The molecule has 0 spiro atoms. The lowest BCUT2D eigenvalue weighted by Gasteiger charge is -2.07. The van der Waals surface area contributed by atoms with Gasteiger partial charge in [0.25, 0.3) is 0 Å². The highest BCUT2D eigenvalue weighted by Crippen LogP contribution is 2.32. The Kier molecular flexibility index (Phi) is 5.59. The molecule has 0 atom stereocenters. The molecule has 0 fully saturated rings. The Bertz CT molecular complexity index is 1270. The minimum absolute atomic E-state index is 0.00431. The summed E-state index contributed by atoms with van der Waals surface area (Å²) in [5.74, 6) is -0.662. The van der Waals surface area contributed by atoms with E-state index in [1.54, 1.807) is 12.1 Å². The number of carbonyl (C=O) groups excluding carboxylic acids is 2. The van der Waals surface area contributed by atoms with E-state index < -0.39 is 11.9 Å². The van der Waals surface area contributed by atoms with Crippen LogP contribution in [-0.2, 0) is 9.47 Å².